The van der Waals surface area contributed by atoms with E-state index in [1.807, 2.05) is 40.7 Å². The number of carbonyl (C=O) groups excluding carboxylic acids is 2. The lowest BCUT2D eigenvalue weighted by atomic mass is 10.1. The maximum Gasteiger partial charge on any atom is 0.264 e. The fourth-order valence-electron chi connectivity index (χ4n) is 4.04. The van der Waals surface area contributed by atoms with Gasteiger partial charge in [0.05, 0.1) is 10.6 Å². The highest BCUT2D eigenvalue weighted by atomic mass is 35.5. The maximum atomic E-state index is 14.0. The van der Waals surface area contributed by atoms with Gasteiger partial charge in [0.2, 0.25) is 11.8 Å². The van der Waals surface area contributed by atoms with Gasteiger partial charge in [-0.05, 0) is 89.1 Å². The molecule has 0 aromatic heterocycles. The molecule has 40 heavy (non-hydrogen) atoms. The molecule has 1 atom stereocenters. The van der Waals surface area contributed by atoms with Gasteiger partial charge in [0.15, 0.2) is 0 Å². The number of halogens is 2. The van der Waals surface area contributed by atoms with Crippen molar-refractivity contribution in [2.45, 2.75) is 64.6 Å². The van der Waals surface area contributed by atoms with Crippen molar-refractivity contribution < 1.29 is 18.0 Å². The van der Waals surface area contributed by atoms with E-state index >= 15 is 0 Å². The van der Waals surface area contributed by atoms with Gasteiger partial charge in [-0.2, -0.15) is 0 Å². The maximum absolute atomic E-state index is 14.0. The zero-order chi connectivity index (χ0) is 29.8. The monoisotopic (exact) mass is 603 g/mol. The molecule has 1 N–H and O–H groups in total. The minimum Gasteiger partial charge on any atom is -0.350 e. The van der Waals surface area contributed by atoms with Crippen molar-refractivity contribution >= 4 is 50.7 Å². The Morgan fingerprint density at radius 3 is 2.15 bits per heavy atom. The van der Waals surface area contributed by atoms with Crippen LogP contribution in [0, 0.1) is 13.8 Å². The summed E-state index contributed by atoms with van der Waals surface area (Å²) in [6.45, 7) is 10.3. The number of nitrogens with one attached hydrogen (secondary N) is 1. The van der Waals surface area contributed by atoms with E-state index in [4.69, 9.17) is 23.2 Å². The van der Waals surface area contributed by atoms with Crippen LogP contribution in [0.15, 0.2) is 71.6 Å². The second kappa shape index (κ2) is 12.6. The quantitative estimate of drug-likeness (QED) is 0.318. The first-order valence-corrected chi connectivity index (χ1v) is 15.0. The summed E-state index contributed by atoms with van der Waals surface area (Å²) in [7, 11) is -4.14. The lowest BCUT2D eigenvalue weighted by Gasteiger charge is -2.33. The SMILES string of the molecule is Cc1ccc(S(=O)(=O)N(CC(=O)N(Cc2ccc(Cl)cc2Cl)[C@H](C)C(=O)NC(C)(C)C)c2cccc(C)c2)cc1. The molecule has 0 saturated heterocycles. The minimum atomic E-state index is -4.14. The lowest BCUT2D eigenvalue weighted by molar-refractivity contribution is -0.140. The number of carbonyl (C=O) groups is 2. The van der Waals surface area contributed by atoms with Crippen LogP contribution in [0.1, 0.15) is 44.4 Å². The molecule has 10 heteroatoms. The summed E-state index contributed by atoms with van der Waals surface area (Å²) in [5.41, 5.74) is 2.10. The van der Waals surface area contributed by atoms with E-state index in [9.17, 15) is 18.0 Å². The normalized spacial score (nSPS) is 12.5. The van der Waals surface area contributed by atoms with E-state index in [-0.39, 0.29) is 17.3 Å². The van der Waals surface area contributed by atoms with Gasteiger partial charge in [-0.25, -0.2) is 8.42 Å². The average molecular weight is 605 g/mol. The molecule has 0 fully saturated rings. The van der Waals surface area contributed by atoms with Gasteiger partial charge in [0.1, 0.15) is 12.6 Å². The van der Waals surface area contributed by atoms with Crippen LogP contribution >= 0.6 is 23.2 Å². The summed E-state index contributed by atoms with van der Waals surface area (Å²) < 4.78 is 28.9. The average Bonchev–Trinajstić information content (AvgIpc) is 2.85. The highest BCUT2D eigenvalue weighted by Crippen LogP contribution is 2.27. The molecule has 0 heterocycles. The van der Waals surface area contributed by atoms with Crippen molar-refractivity contribution in [3.8, 4) is 0 Å². The largest absolute Gasteiger partial charge is 0.350 e. The van der Waals surface area contributed by atoms with Crippen LogP contribution in [0.2, 0.25) is 10.0 Å². The standard InChI is InChI=1S/C30H35Cl2N3O4S/c1-20-10-14-26(15-11-20)40(38,39)35(25-9-7-8-21(2)16-25)19-28(36)34(22(3)29(37)33-30(4,5)6)18-23-12-13-24(31)17-27(23)32/h7-17,22H,18-19H2,1-6H3,(H,33,37)/t22-/m1/s1. The Morgan fingerprint density at radius 2 is 1.57 bits per heavy atom. The van der Waals surface area contributed by atoms with Crippen molar-refractivity contribution in [1.82, 2.24) is 10.2 Å². The lowest BCUT2D eigenvalue weighted by Crippen LogP contribution is -2.54. The van der Waals surface area contributed by atoms with E-state index in [0.29, 0.717) is 21.3 Å². The van der Waals surface area contributed by atoms with Crippen LogP contribution in [0.25, 0.3) is 0 Å². The number of hydrogen-bond acceptors (Lipinski definition) is 4. The second-order valence-corrected chi connectivity index (χ2v) is 13.5. The van der Waals surface area contributed by atoms with Gasteiger partial charge in [-0.3, -0.25) is 13.9 Å². The Kier molecular flexibility index (Phi) is 9.93. The summed E-state index contributed by atoms with van der Waals surface area (Å²) in [5, 5.41) is 3.66. The number of nitrogens with zero attached hydrogens (tertiary/aromatic N) is 2. The van der Waals surface area contributed by atoms with Gasteiger partial charge >= 0.3 is 0 Å². The molecule has 3 rings (SSSR count). The summed E-state index contributed by atoms with van der Waals surface area (Å²) >= 11 is 12.5. The van der Waals surface area contributed by atoms with E-state index in [0.717, 1.165) is 15.4 Å². The third kappa shape index (κ3) is 7.99. The molecule has 3 aromatic carbocycles. The number of anilines is 1. The van der Waals surface area contributed by atoms with Crippen molar-refractivity contribution in [2.75, 3.05) is 10.8 Å². The summed E-state index contributed by atoms with van der Waals surface area (Å²) in [4.78, 5) is 28.6. The van der Waals surface area contributed by atoms with E-state index in [1.165, 1.54) is 17.0 Å². The molecule has 0 bridgehead atoms. The van der Waals surface area contributed by atoms with Crippen molar-refractivity contribution in [1.29, 1.82) is 0 Å². The predicted molar refractivity (Wildman–Crippen MR) is 161 cm³/mol. The molecule has 2 amide bonds. The summed E-state index contributed by atoms with van der Waals surface area (Å²) in [5.74, 6) is -0.950. The Labute approximate surface area is 247 Å². The number of sulfonamides is 1. The fraction of sp³-hybridized carbons (Fsp3) is 0.333. The number of benzene rings is 3. The Hall–Kier alpha value is -3.07. The van der Waals surface area contributed by atoms with Crippen LogP contribution < -0.4 is 9.62 Å². The number of aryl methyl sites for hydroxylation is 2. The highest BCUT2D eigenvalue weighted by molar-refractivity contribution is 7.92. The minimum absolute atomic E-state index is 0.0280. The van der Waals surface area contributed by atoms with Crippen LogP contribution in [-0.4, -0.2) is 43.3 Å². The Morgan fingerprint density at radius 1 is 0.925 bits per heavy atom. The van der Waals surface area contributed by atoms with E-state index in [1.54, 1.807) is 55.5 Å². The first-order chi connectivity index (χ1) is 18.6. The topological polar surface area (TPSA) is 86.8 Å². The molecule has 0 spiro atoms. The molecule has 0 aliphatic heterocycles. The van der Waals surface area contributed by atoms with Crippen molar-refractivity contribution in [2.24, 2.45) is 0 Å². The smallest absolute Gasteiger partial charge is 0.264 e. The van der Waals surface area contributed by atoms with E-state index in [2.05, 4.69) is 5.32 Å². The van der Waals surface area contributed by atoms with E-state index < -0.39 is 34.1 Å². The first-order valence-electron chi connectivity index (χ1n) is 12.8. The fourth-order valence-corrected chi connectivity index (χ4v) is 5.91. The summed E-state index contributed by atoms with van der Waals surface area (Å²) in [6, 6.07) is 17.3. The highest BCUT2D eigenvalue weighted by Gasteiger charge is 2.33. The molecule has 0 aliphatic rings. The third-order valence-corrected chi connectivity index (χ3v) is 8.57. The molecular weight excluding hydrogens is 569 g/mol. The van der Waals surface area contributed by atoms with Crippen LogP contribution in [0.5, 0.6) is 0 Å². The Bertz CT molecular complexity index is 1490. The van der Waals surface area contributed by atoms with Gasteiger partial charge in [-0.15, -0.1) is 0 Å². The molecule has 7 nitrogen and oxygen atoms in total. The molecule has 0 radical (unpaired) electrons. The van der Waals surface area contributed by atoms with Crippen LogP contribution in [-0.2, 0) is 26.2 Å². The number of hydrogen-bond donors (Lipinski definition) is 1. The molecular formula is C30H35Cl2N3O4S. The van der Waals surface area contributed by atoms with Crippen molar-refractivity contribution in [3.63, 3.8) is 0 Å². The first kappa shape index (κ1) is 31.5. The Balaban J connectivity index is 2.06. The van der Waals surface area contributed by atoms with Crippen LogP contribution in [0.3, 0.4) is 0 Å². The molecule has 3 aromatic rings. The second-order valence-electron chi connectivity index (χ2n) is 10.8. The third-order valence-electron chi connectivity index (χ3n) is 6.20. The zero-order valence-electron chi connectivity index (χ0n) is 23.5. The number of rotatable bonds is 9. The molecule has 0 saturated carbocycles. The molecule has 0 aliphatic carbocycles. The molecule has 0 unspecified atom stereocenters. The van der Waals surface area contributed by atoms with Gasteiger partial charge in [-0.1, -0.05) is 59.1 Å². The number of amides is 2. The molecule has 214 valence electrons. The van der Waals surface area contributed by atoms with Gasteiger partial charge in [0, 0.05) is 22.1 Å². The van der Waals surface area contributed by atoms with Crippen molar-refractivity contribution in [3.05, 3.63) is 93.5 Å². The zero-order valence-corrected chi connectivity index (χ0v) is 25.9. The summed E-state index contributed by atoms with van der Waals surface area (Å²) in [6.07, 6.45) is 0. The van der Waals surface area contributed by atoms with Crippen LogP contribution in [0.4, 0.5) is 5.69 Å². The predicted octanol–water partition coefficient (Wildman–Crippen LogP) is 6.14. The van der Waals surface area contributed by atoms with Gasteiger partial charge < -0.3 is 10.2 Å². The van der Waals surface area contributed by atoms with Gasteiger partial charge in [0.25, 0.3) is 10.0 Å².